The maximum atomic E-state index is 13.1. The van der Waals surface area contributed by atoms with Gasteiger partial charge in [0.15, 0.2) is 5.41 Å². The molecule has 2 saturated heterocycles. The third-order valence-electron chi connectivity index (χ3n) is 3.83. The Labute approximate surface area is 117 Å². The van der Waals surface area contributed by atoms with Gasteiger partial charge < -0.3 is 14.9 Å². The number of amides is 3. The number of imide groups is 1. The van der Waals surface area contributed by atoms with Crippen LogP contribution < -0.4 is 5.32 Å². The monoisotopic (exact) mass is 312 g/mol. The predicted molar refractivity (Wildman–Crippen MR) is 60.8 cm³/mol. The van der Waals surface area contributed by atoms with Crippen molar-refractivity contribution in [1.29, 1.82) is 0 Å². The summed E-state index contributed by atoms with van der Waals surface area (Å²) in [7, 11) is 0. The number of rotatable bonds is 2. The first-order valence-corrected chi connectivity index (χ1v) is 6.23. The summed E-state index contributed by atoms with van der Waals surface area (Å²) in [5, 5.41) is 20.2. The standard InChI is InChI=1S/C11H15F3N2O5/c1-10(11(12,13)14)4-16(9(20)15-8(10)19)7-2-5(18)6(3-17)21-7/h5-7,17-18H,2-4H2,1H3,(H,15,19,20)/t5-,6+,7+,10?/m0/s1. The van der Waals surface area contributed by atoms with Crippen molar-refractivity contribution in [3.8, 4) is 0 Å². The number of alkyl halides is 3. The van der Waals surface area contributed by atoms with Crippen molar-refractivity contribution in [3.63, 3.8) is 0 Å². The molecule has 10 heteroatoms. The highest BCUT2D eigenvalue weighted by molar-refractivity contribution is 6.00. The van der Waals surface area contributed by atoms with Crippen molar-refractivity contribution in [2.75, 3.05) is 13.2 Å². The van der Waals surface area contributed by atoms with E-state index in [0.717, 1.165) is 0 Å². The van der Waals surface area contributed by atoms with Gasteiger partial charge >= 0.3 is 12.2 Å². The zero-order chi connectivity index (χ0) is 16.0. The number of ether oxygens (including phenoxy) is 1. The number of aliphatic hydroxyl groups is 2. The number of carbonyl (C=O) groups excluding carboxylic acids is 2. The third kappa shape index (κ3) is 2.58. The van der Waals surface area contributed by atoms with Gasteiger partial charge in [-0.15, -0.1) is 0 Å². The second-order valence-corrected chi connectivity index (χ2v) is 5.33. The summed E-state index contributed by atoms with van der Waals surface area (Å²) in [4.78, 5) is 23.9. The quantitative estimate of drug-likeness (QED) is 0.643. The largest absolute Gasteiger partial charge is 0.404 e. The van der Waals surface area contributed by atoms with Crippen LogP contribution >= 0.6 is 0 Å². The molecule has 2 fully saturated rings. The highest BCUT2D eigenvalue weighted by atomic mass is 19.4. The first kappa shape index (κ1) is 16.0. The molecule has 120 valence electrons. The number of carbonyl (C=O) groups is 2. The number of halogens is 3. The Hall–Kier alpha value is -1.39. The van der Waals surface area contributed by atoms with Crippen molar-refractivity contribution in [3.05, 3.63) is 0 Å². The first-order valence-electron chi connectivity index (χ1n) is 6.23. The topological polar surface area (TPSA) is 99.1 Å². The van der Waals surface area contributed by atoms with Crippen molar-refractivity contribution < 1.29 is 37.7 Å². The minimum atomic E-state index is -4.84. The summed E-state index contributed by atoms with van der Waals surface area (Å²) in [6.07, 6.45) is -8.18. The van der Waals surface area contributed by atoms with Crippen molar-refractivity contribution in [2.24, 2.45) is 5.41 Å². The number of urea groups is 1. The van der Waals surface area contributed by atoms with Crippen LogP contribution in [-0.4, -0.2) is 64.8 Å². The van der Waals surface area contributed by atoms with E-state index < -0.39 is 55.1 Å². The van der Waals surface area contributed by atoms with Crippen LogP contribution in [0.2, 0.25) is 0 Å². The minimum Gasteiger partial charge on any atom is -0.394 e. The Kier molecular flexibility index (Phi) is 3.89. The fourth-order valence-corrected chi connectivity index (χ4v) is 2.31. The Morgan fingerprint density at radius 3 is 2.57 bits per heavy atom. The van der Waals surface area contributed by atoms with Gasteiger partial charge in [0, 0.05) is 13.0 Å². The van der Waals surface area contributed by atoms with Gasteiger partial charge in [0.1, 0.15) is 12.3 Å². The van der Waals surface area contributed by atoms with E-state index in [-0.39, 0.29) is 6.42 Å². The molecule has 2 aliphatic rings. The molecule has 21 heavy (non-hydrogen) atoms. The van der Waals surface area contributed by atoms with E-state index in [1.54, 1.807) is 5.32 Å². The molecule has 7 nitrogen and oxygen atoms in total. The number of hydrogen-bond acceptors (Lipinski definition) is 5. The van der Waals surface area contributed by atoms with E-state index in [0.29, 0.717) is 11.8 Å². The summed E-state index contributed by atoms with van der Waals surface area (Å²) >= 11 is 0. The molecule has 2 heterocycles. The fraction of sp³-hybridized carbons (Fsp3) is 0.818. The molecule has 0 saturated carbocycles. The van der Waals surface area contributed by atoms with Crippen LogP contribution in [0.25, 0.3) is 0 Å². The Morgan fingerprint density at radius 2 is 2.10 bits per heavy atom. The molecule has 1 unspecified atom stereocenters. The summed E-state index contributed by atoms with van der Waals surface area (Å²) in [5.41, 5.74) is -2.76. The number of nitrogens with zero attached hydrogens (tertiary/aromatic N) is 1. The van der Waals surface area contributed by atoms with E-state index >= 15 is 0 Å². The molecule has 4 atom stereocenters. The van der Waals surface area contributed by atoms with Crippen molar-refractivity contribution in [1.82, 2.24) is 10.2 Å². The normalized spacial score (nSPS) is 37.8. The smallest absolute Gasteiger partial charge is 0.394 e. The summed E-state index contributed by atoms with van der Waals surface area (Å²) < 4.78 is 44.3. The van der Waals surface area contributed by atoms with Crippen LogP contribution in [0.5, 0.6) is 0 Å². The lowest BCUT2D eigenvalue weighted by atomic mass is 9.86. The molecule has 3 N–H and O–H groups in total. The van der Waals surface area contributed by atoms with E-state index in [1.165, 1.54) is 0 Å². The average Bonchev–Trinajstić information content (AvgIpc) is 2.73. The molecule has 2 aliphatic heterocycles. The predicted octanol–water partition coefficient (Wildman–Crippen LogP) is -0.425. The van der Waals surface area contributed by atoms with E-state index in [4.69, 9.17) is 9.84 Å². The number of hydrogen-bond donors (Lipinski definition) is 3. The van der Waals surface area contributed by atoms with Gasteiger partial charge in [0.05, 0.1) is 12.7 Å². The molecule has 0 spiro atoms. The summed E-state index contributed by atoms with van der Waals surface area (Å²) in [6.45, 7) is -0.740. The lowest BCUT2D eigenvalue weighted by molar-refractivity contribution is -0.226. The SMILES string of the molecule is CC1(C(F)(F)F)CN([C@H]2C[C@H](O)[C@@H](CO)O2)C(=O)NC1=O. The highest BCUT2D eigenvalue weighted by Gasteiger charge is 2.61. The van der Waals surface area contributed by atoms with Crippen molar-refractivity contribution in [2.45, 2.75) is 38.0 Å². The van der Waals surface area contributed by atoms with Gasteiger partial charge in [0.2, 0.25) is 5.91 Å². The molecule has 0 bridgehead atoms. The lowest BCUT2D eigenvalue weighted by Gasteiger charge is -2.41. The van der Waals surface area contributed by atoms with E-state index in [1.807, 2.05) is 0 Å². The Balaban J connectivity index is 2.21. The van der Waals surface area contributed by atoms with Crippen LogP contribution in [0.15, 0.2) is 0 Å². The molecular formula is C11H15F3N2O5. The van der Waals surface area contributed by atoms with Crippen LogP contribution in [0.3, 0.4) is 0 Å². The van der Waals surface area contributed by atoms with E-state index in [2.05, 4.69) is 0 Å². The summed E-state index contributed by atoms with van der Waals surface area (Å²) in [5.74, 6) is -1.42. The van der Waals surface area contributed by atoms with Gasteiger partial charge in [-0.1, -0.05) is 0 Å². The van der Waals surface area contributed by atoms with Crippen molar-refractivity contribution >= 4 is 11.9 Å². The Morgan fingerprint density at radius 1 is 1.48 bits per heavy atom. The fourth-order valence-electron chi connectivity index (χ4n) is 2.31. The molecule has 2 rings (SSSR count). The zero-order valence-electron chi connectivity index (χ0n) is 11.1. The molecule has 0 aromatic heterocycles. The van der Waals surface area contributed by atoms with Crippen LogP contribution in [0.1, 0.15) is 13.3 Å². The van der Waals surface area contributed by atoms with Gasteiger partial charge in [-0.2, -0.15) is 13.2 Å². The lowest BCUT2D eigenvalue weighted by Crippen LogP contribution is -2.66. The minimum absolute atomic E-state index is 0.138. The Bertz CT molecular complexity index is 458. The third-order valence-corrected chi connectivity index (χ3v) is 3.83. The molecule has 0 radical (unpaired) electrons. The van der Waals surface area contributed by atoms with Gasteiger partial charge in [-0.05, 0) is 6.92 Å². The average molecular weight is 312 g/mol. The van der Waals surface area contributed by atoms with E-state index in [9.17, 15) is 27.9 Å². The van der Waals surface area contributed by atoms with Gasteiger partial charge in [-0.25, -0.2) is 4.79 Å². The highest BCUT2D eigenvalue weighted by Crippen LogP contribution is 2.41. The maximum absolute atomic E-state index is 13.1. The molecule has 0 aromatic rings. The molecular weight excluding hydrogens is 297 g/mol. The first-order chi connectivity index (χ1) is 9.60. The van der Waals surface area contributed by atoms with Crippen LogP contribution in [-0.2, 0) is 9.53 Å². The maximum Gasteiger partial charge on any atom is 0.404 e. The molecule has 0 aromatic carbocycles. The second-order valence-electron chi connectivity index (χ2n) is 5.33. The summed E-state index contributed by atoms with van der Waals surface area (Å²) in [6, 6.07) is -1.02. The van der Waals surface area contributed by atoms with Crippen LogP contribution in [0.4, 0.5) is 18.0 Å². The van der Waals surface area contributed by atoms with Gasteiger partial charge in [0.25, 0.3) is 0 Å². The number of nitrogens with one attached hydrogen (secondary N) is 1. The second kappa shape index (κ2) is 5.11. The van der Waals surface area contributed by atoms with Crippen LogP contribution in [0, 0.1) is 5.41 Å². The molecule has 0 aliphatic carbocycles. The number of aliphatic hydroxyl groups excluding tert-OH is 2. The molecule has 3 amide bonds. The van der Waals surface area contributed by atoms with Gasteiger partial charge in [-0.3, -0.25) is 15.0 Å². The zero-order valence-corrected chi connectivity index (χ0v) is 11.1.